The zero-order chi connectivity index (χ0) is 16.4. The van der Waals surface area contributed by atoms with Crippen LogP contribution in [0.2, 0.25) is 0 Å². The number of hydrogen-bond acceptors (Lipinski definition) is 5. The van der Waals surface area contributed by atoms with E-state index in [9.17, 15) is 13.2 Å². The number of likely N-dealkylation sites (tertiary alicyclic amines) is 1. The van der Waals surface area contributed by atoms with E-state index in [0.29, 0.717) is 24.9 Å². The Labute approximate surface area is 148 Å². The Kier molecular flexibility index (Phi) is 6.24. The molecule has 8 nitrogen and oxygen atoms in total. The Hall–Kier alpha value is -1.16. The Balaban J connectivity index is 0.00000208. The van der Waals surface area contributed by atoms with Gasteiger partial charge in [0.2, 0.25) is 15.9 Å². The summed E-state index contributed by atoms with van der Waals surface area (Å²) in [6, 6.07) is 0. The summed E-state index contributed by atoms with van der Waals surface area (Å²) >= 11 is 0. The number of aryl methyl sites for hydroxylation is 1. The number of amides is 1. The fourth-order valence-electron chi connectivity index (χ4n) is 3.36. The highest BCUT2D eigenvalue weighted by Gasteiger charge is 2.31. The van der Waals surface area contributed by atoms with Crippen molar-refractivity contribution in [3.05, 3.63) is 12.4 Å². The van der Waals surface area contributed by atoms with Gasteiger partial charge in [0.1, 0.15) is 4.90 Å². The summed E-state index contributed by atoms with van der Waals surface area (Å²) in [5.74, 6) is 1.12. The number of carbonyl (C=O) groups is 1. The summed E-state index contributed by atoms with van der Waals surface area (Å²) in [5.41, 5.74) is 0. The van der Waals surface area contributed by atoms with Gasteiger partial charge in [-0.3, -0.25) is 9.48 Å². The minimum absolute atomic E-state index is 0. The van der Waals surface area contributed by atoms with Crippen molar-refractivity contribution in [2.45, 2.75) is 17.7 Å². The van der Waals surface area contributed by atoms with Crippen molar-refractivity contribution in [1.29, 1.82) is 0 Å². The molecular formula is C14H24ClN5O3S. The van der Waals surface area contributed by atoms with E-state index in [1.807, 2.05) is 0 Å². The summed E-state index contributed by atoms with van der Waals surface area (Å²) in [7, 11) is -2.04. The molecule has 10 heteroatoms. The van der Waals surface area contributed by atoms with Crippen LogP contribution < -0.4 is 10.0 Å². The summed E-state index contributed by atoms with van der Waals surface area (Å²) < 4.78 is 28.0. The summed E-state index contributed by atoms with van der Waals surface area (Å²) in [6.07, 6.45) is 4.65. The Morgan fingerprint density at radius 1 is 1.33 bits per heavy atom. The van der Waals surface area contributed by atoms with Gasteiger partial charge >= 0.3 is 0 Å². The van der Waals surface area contributed by atoms with E-state index in [1.54, 1.807) is 11.9 Å². The van der Waals surface area contributed by atoms with Gasteiger partial charge in [-0.1, -0.05) is 0 Å². The fraction of sp³-hybridized carbons (Fsp3) is 0.714. The second-order valence-electron chi connectivity index (χ2n) is 6.31. The molecule has 2 N–H and O–H groups in total. The van der Waals surface area contributed by atoms with Crippen LogP contribution in [0.3, 0.4) is 0 Å². The number of hydrogen-bond donors (Lipinski definition) is 2. The lowest BCUT2D eigenvalue weighted by atomic mass is 9.92. The SMILES string of the molecule is Cl.Cn1cc(S(=O)(=O)NCC(=O)N2CC[C@@H]3CNC[C@@H]3CC2)cn1. The van der Waals surface area contributed by atoms with Crippen molar-refractivity contribution in [2.24, 2.45) is 18.9 Å². The average molecular weight is 378 g/mol. The molecule has 3 heterocycles. The molecule has 24 heavy (non-hydrogen) atoms. The van der Waals surface area contributed by atoms with Gasteiger partial charge in [0, 0.05) is 26.3 Å². The molecule has 1 aromatic heterocycles. The monoisotopic (exact) mass is 377 g/mol. The van der Waals surface area contributed by atoms with Gasteiger partial charge < -0.3 is 10.2 Å². The maximum absolute atomic E-state index is 12.3. The van der Waals surface area contributed by atoms with Crippen LogP contribution in [0.5, 0.6) is 0 Å². The van der Waals surface area contributed by atoms with E-state index in [0.717, 1.165) is 25.9 Å². The van der Waals surface area contributed by atoms with Gasteiger partial charge in [-0.05, 0) is 37.8 Å². The van der Waals surface area contributed by atoms with Crippen LogP contribution in [0, 0.1) is 11.8 Å². The van der Waals surface area contributed by atoms with Crippen LogP contribution in [0.15, 0.2) is 17.3 Å². The lowest BCUT2D eigenvalue weighted by Gasteiger charge is -2.21. The first kappa shape index (κ1) is 19.2. The fourth-order valence-corrected chi connectivity index (χ4v) is 4.31. The van der Waals surface area contributed by atoms with E-state index in [4.69, 9.17) is 0 Å². The zero-order valence-corrected chi connectivity index (χ0v) is 15.3. The Morgan fingerprint density at radius 2 is 1.96 bits per heavy atom. The summed E-state index contributed by atoms with van der Waals surface area (Å²) in [6.45, 7) is 3.26. The highest BCUT2D eigenvalue weighted by molar-refractivity contribution is 7.89. The lowest BCUT2D eigenvalue weighted by Crippen LogP contribution is -2.40. The van der Waals surface area contributed by atoms with Crippen molar-refractivity contribution in [3.63, 3.8) is 0 Å². The van der Waals surface area contributed by atoms with Crippen LogP contribution in [0.25, 0.3) is 0 Å². The van der Waals surface area contributed by atoms with Crippen LogP contribution in [-0.4, -0.2) is 61.7 Å². The number of rotatable bonds is 4. The number of nitrogens with one attached hydrogen (secondary N) is 2. The molecule has 136 valence electrons. The number of carbonyl (C=O) groups excluding carboxylic acids is 1. The van der Waals surface area contributed by atoms with Gasteiger partial charge in [0.15, 0.2) is 0 Å². The third kappa shape index (κ3) is 4.27. The van der Waals surface area contributed by atoms with Crippen LogP contribution in [0.1, 0.15) is 12.8 Å². The molecule has 2 atom stereocenters. The first-order valence-corrected chi connectivity index (χ1v) is 9.41. The molecule has 0 bridgehead atoms. The van der Waals surface area contributed by atoms with Gasteiger partial charge in [-0.25, -0.2) is 13.1 Å². The van der Waals surface area contributed by atoms with Crippen molar-refractivity contribution < 1.29 is 13.2 Å². The smallest absolute Gasteiger partial charge is 0.244 e. The van der Waals surface area contributed by atoms with Crippen LogP contribution in [-0.2, 0) is 21.9 Å². The van der Waals surface area contributed by atoms with Crippen LogP contribution in [0.4, 0.5) is 0 Å². The van der Waals surface area contributed by atoms with Gasteiger partial charge in [-0.15, -0.1) is 12.4 Å². The number of sulfonamides is 1. The highest BCUT2D eigenvalue weighted by atomic mass is 35.5. The molecule has 2 saturated heterocycles. The van der Waals surface area contributed by atoms with E-state index < -0.39 is 10.0 Å². The number of aromatic nitrogens is 2. The van der Waals surface area contributed by atoms with Gasteiger partial charge in [-0.2, -0.15) is 5.10 Å². The second-order valence-corrected chi connectivity index (χ2v) is 8.08. The molecule has 1 amide bonds. The zero-order valence-electron chi connectivity index (χ0n) is 13.6. The maximum atomic E-state index is 12.3. The van der Waals surface area contributed by atoms with E-state index >= 15 is 0 Å². The minimum atomic E-state index is -3.69. The first-order chi connectivity index (χ1) is 11.0. The van der Waals surface area contributed by atoms with Gasteiger partial charge in [0.25, 0.3) is 0 Å². The topological polar surface area (TPSA) is 96.3 Å². The molecule has 0 aliphatic carbocycles. The second kappa shape index (κ2) is 7.81. The van der Waals surface area contributed by atoms with Crippen LogP contribution >= 0.6 is 12.4 Å². The standard InChI is InChI=1S/C14H23N5O3S.ClH/c1-18-10-13(8-16-18)23(21,22)17-9-14(20)19-4-2-11-6-15-7-12(11)3-5-19;/h8,10-12,15,17H,2-7,9H2,1H3;1H/t11-,12+;. The van der Waals surface area contributed by atoms with E-state index in [-0.39, 0.29) is 29.8 Å². The normalized spacial score (nSPS) is 24.1. The third-order valence-corrected chi connectivity index (χ3v) is 6.13. The predicted molar refractivity (Wildman–Crippen MR) is 91.3 cm³/mol. The molecular weight excluding hydrogens is 354 g/mol. The molecule has 1 aromatic rings. The van der Waals surface area contributed by atoms with E-state index in [2.05, 4.69) is 15.1 Å². The highest BCUT2D eigenvalue weighted by Crippen LogP contribution is 2.27. The molecule has 3 rings (SSSR count). The molecule has 0 aromatic carbocycles. The third-order valence-electron chi connectivity index (χ3n) is 4.78. The van der Waals surface area contributed by atoms with Crippen molar-refractivity contribution in [3.8, 4) is 0 Å². The number of halogens is 1. The van der Waals surface area contributed by atoms with Crippen molar-refractivity contribution >= 4 is 28.3 Å². The first-order valence-electron chi connectivity index (χ1n) is 7.92. The summed E-state index contributed by atoms with van der Waals surface area (Å²) in [5, 5.41) is 7.24. The Morgan fingerprint density at radius 3 is 2.50 bits per heavy atom. The van der Waals surface area contributed by atoms with Gasteiger partial charge in [0.05, 0.1) is 12.7 Å². The molecule has 0 radical (unpaired) electrons. The molecule has 2 aliphatic heterocycles. The average Bonchev–Trinajstić information content (AvgIpc) is 3.10. The molecule has 2 aliphatic rings. The lowest BCUT2D eigenvalue weighted by molar-refractivity contribution is -0.129. The molecule has 2 fully saturated rings. The molecule has 0 spiro atoms. The number of nitrogens with zero attached hydrogens (tertiary/aromatic N) is 3. The van der Waals surface area contributed by atoms with E-state index in [1.165, 1.54) is 17.1 Å². The summed E-state index contributed by atoms with van der Waals surface area (Å²) in [4.78, 5) is 14.2. The maximum Gasteiger partial charge on any atom is 0.244 e. The quantitative estimate of drug-likeness (QED) is 0.742. The predicted octanol–water partition coefficient (Wildman–Crippen LogP) is -0.422. The molecule has 0 saturated carbocycles. The molecule has 0 unspecified atom stereocenters. The van der Waals surface area contributed by atoms with Crippen molar-refractivity contribution in [1.82, 2.24) is 24.7 Å². The Bertz CT molecular complexity index is 664. The van der Waals surface area contributed by atoms with Crippen molar-refractivity contribution in [2.75, 3.05) is 32.7 Å². The largest absolute Gasteiger partial charge is 0.342 e. The number of fused-ring (bicyclic) bond motifs is 1. The minimum Gasteiger partial charge on any atom is -0.342 e.